The fourth-order valence-electron chi connectivity index (χ4n) is 4.07. The Balaban J connectivity index is 1.83. The second-order valence-electron chi connectivity index (χ2n) is 9.21. The summed E-state index contributed by atoms with van der Waals surface area (Å²) in [5, 5.41) is 3.09. The number of benzene rings is 3. The van der Waals surface area contributed by atoms with E-state index in [0.29, 0.717) is 31.7 Å². The minimum atomic E-state index is -0.569. The molecular weight excluding hydrogens is 464 g/mol. The van der Waals surface area contributed by atoms with Gasteiger partial charge in [-0.15, -0.1) is 11.8 Å². The van der Waals surface area contributed by atoms with Gasteiger partial charge in [-0.25, -0.2) is 0 Å². The van der Waals surface area contributed by atoms with Gasteiger partial charge in [0.1, 0.15) is 6.04 Å². The van der Waals surface area contributed by atoms with Gasteiger partial charge in [-0.1, -0.05) is 85.6 Å². The van der Waals surface area contributed by atoms with E-state index in [1.54, 1.807) is 16.7 Å². The fourth-order valence-corrected chi connectivity index (χ4v) is 4.91. The van der Waals surface area contributed by atoms with Gasteiger partial charge in [-0.05, 0) is 49.1 Å². The Morgan fingerprint density at radius 1 is 0.917 bits per heavy atom. The molecule has 1 N–H and O–H groups in total. The first-order valence-corrected chi connectivity index (χ1v) is 13.8. The molecule has 0 aliphatic rings. The first-order valence-electron chi connectivity index (χ1n) is 12.8. The van der Waals surface area contributed by atoms with Crippen molar-refractivity contribution in [2.75, 3.05) is 12.3 Å². The number of rotatable bonds is 13. The quantitative estimate of drug-likeness (QED) is 0.219. The van der Waals surface area contributed by atoms with Crippen molar-refractivity contribution in [2.45, 2.75) is 63.9 Å². The van der Waals surface area contributed by atoms with Crippen LogP contribution in [0.15, 0.2) is 83.8 Å². The van der Waals surface area contributed by atoms with Gasteiger partial charge in [0.25, 0.3) is 0 Å². The van der Waals surface area contributed by atoms with Crippen LogP contribution in [0, 0.1) is 13.8 Å². The number of carbonyl (C=O) groups is 2. The summed E-state index contributed by atoms with van der Waals surface area (Å²) in [6.07, 6.45) is 2.79. The third-order valence-electron chi connectivity index (χ3n) is 6.31. The second-order valence-corrected chi connectivity index (χ2v) is 10.4. The number of unbranched alkanes of at least 4 members (excludes halogenated alkanes) is 1. The zero-order valence-corrected chi connectivity index (χ0v) is 22.5. The Kier molecular flexibility index (Phi) is 11.1. The maximum atomic E-state index is 13.7. The van der Waals surface area contributed by atoms with Crippen molar-refractivity contribution < 1.29 is 9.59 Å². The van der Waals surface area contributed by atoms with Gasteiger partial charge in [0.15, 0.2) is 0 Å². The van der Waals surface area contributed by atoms with Crippen LogP contribution in [-0.4, -0.2) is 35.1 Å². The summed E-state index contributed by atoms with van der Waals surface area (Å²) in [6.45, 7) is 7.27. The van der Waals surface area contributed by atoms with E-state index < -0.39 is 6.04 Å². The highest BCUT2D eigenvalue weighted by atomic mass is 32.2. The van der Waals surface area contributed by atoms with E-state index in [2.05, 4.69) is 56.4 Å². The zero-order chi connectivity index (χ0) is 25.8. The molecule has 0 radical (unpaired) electrons. The first kappa shape index (κ1) is 27.5. The lowest BCUT2D eigenvalue weighted by Crippen LogP contribution is -2.50. The summed E-state index contributed by atoms with van der Waals surface area (Å²) in [5.41, 5.74) is 4.45. The van der Waals surface area contributed by atoms with Crippen molar-refractivity contribution in [2.24, 2.45) is 0 Å². The Labute approximate surface area is 220 Å². The van der Waals surface area contributed by atoms with Gasteiger partial charge >= 0.3 is 0 Å². The van der Waals surface area contributed by atoms with Gasteiger partial charge < -0.3 is 10.2 Å². The lowest BCUT2D eigenvalue weighted by molar-refractivity contribution is -0.141. The molecule has 0 aliphatic carbocycles. The number of hydrogen-bond acceptors (Lipinski definition) is 3. The molecule has 3 rings (SSSR count). The Morgan fingerprint density at radius 2 is 1.61 bits per heavy atom. The van der Waals surface area contributed by atoms with Crippen molar-refractivity contribution in [1.29, 1.82) is 0 Å². The normalized spacial score (nSPS) is 11.6. The van der Waals surface area contributed by atoms with Crippen LogP contribution in [0.5, 0.6) is 0 Å². The van der Waals surface area contributed by atoms with Crippen LogP contribution in [0.4, 0.5) is 0 Å². The molecular formula is C31H38N2O2S. The van der Waals surface area contributed by atoms with E-state index >= 15 is 0 Å². The van der Waals surface area contributed by atoms with E-state index in [0.717, 1.165) is 34.4 Å². The maximum Gasteiger partial charge on any atom is 0.243 e. The van der Waals surface area contributed by atoms with Crippen molar-refractivity contribution in [3.63, 3.8) is 0 Å². The molecule has 190 valence electrons. The molecule has 0 aliphatic heterocycles. The SMILES string of the molecule is CCCCNC(=O)[C@H](Cc1ccccc1)N(Cc1ccccc1C)C(=O)CCSc1ccc(C)cc1. The molecule has 2 amide bonds. The number of nitrogens with zero attached hydrogens (tertiary/aromatic N) is 1. The molecule has 0 aromatic heterocycles. The van der Waals surface area contributed by atoms with Crippen LogP contribution < -0.4 is 5.32 Å². The lowest BCUT2D eigenvalue weighted by atomic mass is 10.0. The highest BCUT2D eigenvalue weighted by Crippen LogP contribution is 2.22. The summed E-state index contributed by atoms with van der Waals surface area (Å²) in [4.78, 5) is 30.1. The van der Waals surface area contributed by atoms with E-state index in [4.69, 9.17) is 0 Å². The minimum Gasteiger partial charge on any atom is -0.354 e. The maximum absolute atomic E-state index is 13.7. The molecule has 3 aromatic carbocycles. The molecule has 0 bridgehead atoms. The van der Waals surface area contributed by atoms with Crippen LogP contribution in [-0.2, 0) is 22.6 Å². The predicted octanol–water partition coefficient (Wildman–Crippen LogP) is 6.34. The standard InChI is InChI=1S/C31H38N2O2S/c1-4-5-20-32-31(35)29(22-26-12-7-6-8-13-26)33(23-27-14-10-9-11-25(27)3)30(34)19-21-36-28-17-15-24(2)16-18-28/h6-18,29H,4-5,19-23H2,1-3H3,(H,32,35)/t29-/m0/s1. The molecule has 0 spiro atoms. The molecule has 0 fully saturated rings. The molecule has 3 aromatic rings. The van der Waals surface area contributed by atoms with E-state index in [1.165, 1.54) is 5.56 Å². The van der Waals surface area contributed by atoms with E-state index in [1.807, 2.05) is 48.5 Å². The highest BCUT2D eigenvalue weighted by Gasteiger charge is 2.30. The summed E-state index contributed by atoms with van der Waals surface area (Å²) >= 11 is 1.68. The average Bonchev–Trinajstić information content (AvgIpc) is 2.89. The third kappa shape index (κ3) is 8.56. The Hall–Kier alpha value is -3.05. The predicted molar refractivity (Wildman–Crippen MR) is 150 cm³/mol. The largest absolute Gasteiger partial charge is 0.354 e. The Morgan fingerprint density at radius 3 is 2.31 bits per heavy atom. The van der Waals surface area contributed by atoms with Crippen LogP contribution >= 0.6 is 11.8 Å². The molecule has 0 saturated heterocycles. The van der Waals surface area contributed by atoms with Gasteiger partial charge in [0, 0.05) is 36.6 Å². The number of thioether (sulfide) groups is 1. The van der Waals surface area contributed by atoms with Crippen LogP contribution in [0.1, 0.15) is 48.4 Å². The fraction of sp³-hybridized carbons (Fsp3) is 0.355. The summed E-state index contributed by atoms with van der Waals surface area (Å²) < 4.78 is 0. The third-order valence-corrected chi connectivity index (χ3v) is 7.32. The number of aryl methyl sites for hydroxylation is 2. The minimum absolute atomic E-state index is 0.00411. The lowest BCUT2D eigenvalue weighted by Gasteiger charge is -2.32. The molecule has 0 unspecified atom stereocenters. The second kappa shape index (κ2) is 14.5. The number of carbonyl (C=O) groups excluding carboxylic acids is 2. The van der Waals surface area contributed by atoms with Crippen molar-refractivity contribution in [3.05, 3.63) is 101 Å². The average molecular weight is 503 g/mol. The molecule has 0 saturated carbocycles. The molecule has 0 heterocycles. The summed E-state index contributed by atoms with van der Waals surface area (Å²) in [5.74, 6) is 0.589. The van der Waals surface area contributed by atoms with Gasteiger partial charge in [0.2, 0.25) is 11.8 Å². The van der Waals surface area contributed by atoms with Crippen molar-refractivity contribution in [1.82, 2.24) is 10.2 Å². The Bertz CT molecular complexity index is 1100. The van der Waals surface area contributed by atoms with Crippen molar-refractivity contribution in [3.8, 4) is 0 Å². The first-order chi connectivity index (χ1) is 17.5. The van der Waals surface area contributed by atoms with E-state index in [-0.39, 0.29) is 11.8 Å². The molecule has 5 heteroatoms. The van der Waals surface area contributed by atoms with Crippen molar-refractivity contribution >= 4 is 23.6 Å². The molecule has 36 heavy (non-hydrogen) atoms. The number of nitrogens with one attached hydrogen (secondary N) is 1. The molecule has 4 nitrogen and oxygen atoms in total. The number of hydrogen-bond donors (Lipinski definition) is 1. The van der Waals surface area contributed by atoms with Gasteiger partial charge in [-0.2, -0.15) is 0 Å². The van der Waals surface area contributed by atoms with Gasteiger partial charge in [0.05, 0.1) is 0 Å². The summed E-state index contributed by atoms with van der Waals surface area (Å²) in [6, 6.07) is 25.9. The summed E-state index contributed by atoms with van der Waals surface area (Å²) in [7, 11) is 0. The van der Waals surface area contributed by atoms with Crippen LogP contribution in [0.3, 0.4) is 0 Å². The van der Waals surface area contributed by atoms with Crippen LogP contribution in [0.25, 0.3) is 0 Å². The van der Waals surface area contributed by atoms with Gasteiger partial charge in [-0.3, -0.25) is 9.59 Å². The monoisotopic (exact) mass is 502 g/mol. The smallest absolute Gasteiger partial charge is 0.243 e. The highest BCUT2D eigenvalue weighted by molar-refractivity contribution is 7.99. The van der Waals surface area contributed by atoms with E-state index in [9.17, 15) is 9.59 Å². The zero-order valence-electron chi connectivity index (χ0n) is 21.7. The number of amides is 2. The molecule has 1 atom stereocenters. The topological polar surface area (TPSA) is 49.4 Å². The van der Waals surface area contributed by atoms with Crippen LogP contribution in [0.2, 0.25) is 0 Å².